The molecular weight excluding hydrogens is 466 g/mol. The van der Waals surface area contributed by atoms with E-state index in [0.717, 1.165) is 10.0 Å². The van der Waals surface area contributed by atoms with Gasteiger partial charge in [0.25, 0.3) is 11.8 Å². The summed E-state index contributed by atoms with van der Waals surface area (Å²) in [5.74, 6) is 0.0169. The predicted octanol–water partition coefficient (Wildman–Crippen LogP) is 2.77. The topological polar surface area (TPSA) is 124 Å². The number of nitrogens with one attached hydrogen (secondary N) is 2. The number of furan rings is 1. The van der Waals surface area contributed by atoms with Gasteiger partial charge in [0, 0.05) is 16.6 Å². The third-order valence-corrected chi connectivity index (χ3v) is 4.70. The number of halogens is 1. The van der Waals surface area contributed by atoms with Gasteiger partial charge in [-0.2, -0.15) is 0 Å². The average Bonchev–Trinajstić information content (AvgIpc) is 3.25. The fourth-order valence-electron chi connectivity index (χ4n) is 2.58. The van der Waals surface area contributed by atoms with Crippen LogP contribution in [-0.4, -0.2) is 24.3 Å². The Hall–Kier alpha value is -3.59. The Morgan fingerprint density at radius 2 is 1.61 bits per heavy atom. The molecule has 1 aromatic heterocycles. The number of hydrogen-bond donors (Lipinski definition) is 3. The maximum atomic E-state index is 12.3. The minimum atomic E-state index is -0.617. The first-order valence-corrected chi connectivity index (χ1v) is 10.1. The zero-order valence-corrected chi connectivity index (χ0v) is 18.0. The van der Waals surface area contributed by atoms with Crippen molar-refractivity contribution in [3.63, 3.8) is 0 Å². The van der Waals surface area contributed by atoms with Crippen LogP contribution in [0.4, 0.5) is 0 Å². The Bertz CT molecular complexity index is 1060. The van der Waals surface area contributed by atoms with Crippen LogP contribution in [-0.2, 0) is 17.9 Å². The number of carbonyl (C=O) groups excluding carboxylic acids is 3. The van der Waals surface area contributed by atoms with Gasteiger partial charge >= 0.3 is 0 Å². The van der Waals surface area contributed by atoms with Gasteiger partial charge in [0.15, 0.2) is 5.76 Å². The van der Waals surface area contributed by atoms with E-state index < -0.39 is 11.8 Å². The van der Waals surface area contributed by atoms with Crippen molar-refractivity contribution in [2.45, 2.75) is 13.2 Å². The minimum absolute atomic E-state index is 0.178. The number of rotatable bonds is 9. The lowest BCUT2D eigenvalue weighted by molar-refractivity contribution is -0.117. The Morgan fingerprint density at radius 3 is 2.29 bits per heavy atom. The van der Waals surface area contributed by atoms with Crippen molar-refractivity contribution in [1.82, 2.24) is 10.6 Å². The molecule has 0 saturated carbocycles. The highest BCUT2D eigenvalue weighted by molar-refractivity contribution is 9.10. The molecule has 9 heteroatoms. The van der Waals surface area contributed by atoms with Gasteiger partial charge in [-0.05, 0) is 54.1 Å². The molecular formula is C22H20BrN3O5. The molecule has 31 heavy (non-hydrogen) atoms. The summed E-state index contributed by atoms with van der Waals surface area (Å²) in [5.41, 5.74) is 6.18. The zero-order chi connectivity index (χ0) is 22.2. The molecule has 3 rings (SSSR count). The first-order chi connectivity index (χ1) is 14.9. The molecule has 1 heterocycles. The molecule has 160 valence electrons. The first-order valence-electron chi connectivity index (χ1n) is 9.31. The molecule has 0 aliphatic rings. The van der Waals surface area contributed by atoms with Gasteiger partial charge in [0.05, 0.1) is 6.54 Å². The number of ether oxygens (including phenoxy) is 1. The Kier molecular flexibility index (Phi) is 7.45. The van der Waals surface area contributed by atoms with Gasteiger partial charge < -0.3 is 25.5 Å². The number of primary amides is 1. The molecule has 0 aliphatic heterocycles. The van der Waals surface area contributed by atoms with E-state index in [9.17, 15) is 14.4 Å². The third-order valence-electron chi connectivity index (χ3n) is 4.17. The van der Waals surface area contributed by atoms with Crippen LogP contribution in [0.25, 0.3) is 0 Å². The molecule has 3 aromatic rings. The summed E-state index contributed by atoms with van der Waals surface area (Å²) in [6, 6.07) is 17.3. The number of amides is 3. The summed E-state index contributed by atoms with van der Waals surface area (Å²) in [7, 11) is 0. The molecule has 4 N–H and O–H groups in total. The maximum absolute atomic E-state index is 12.3. The monoisotopic (exact) mass is 485 g/mol. The number of hydrogen-bond acceptors (Lipinski definition) is 5. The van der Waals surface area contributed by atoms with E-state index in [0.29, 0.717) is 17.1 Å². The third kappa shape index (κ3) is 6.71. The summed E-state index contributed by atoms with van der Waals surface area (Å²) >= 11 is 3.36. The van der Waals surface area contributed by atoms with Crippen LogP contribution < -0.4 is 21.1 Å². The molecule has 2 aromatic carbocycles. The van der Waals surface area contributed by atoms with Crippen LogP contribution in [0, 0.1) is 0 Å². The first kappa shape index (κ1) is 22.1. The zero-order valence-electron chi connectivity index (χ0n) is 16.4. The highest BCUT2D eigenvalue weighted by Crippen LogP contribution is 2.18. The van der Waals surface area contributed by atoms with E-state index in [1.54, 1.807) is 36.4 Å². The summed E-state index contributed by atoms with van der Waals surface area (Å²) in [5, 5.41) is 5.16. The van der Waals surface area contributed by atoms with Gasteiger partial charge in [-0.3, -0.25) is 14.4 Å². The molecule has 0 bridgehead atoms. The predicted molar refractivity (Wildman–Crippen MR) is 116 cm³/mol. The lowest BCUT2D eigenvalue weighted by Gasteiger charge is -2.06. The molecule has 0 aliphatic carbocycles. The fourth-order valence-corrected chi connectivity index (χ4v) is 2.84. The van der Waals surface area contributed by atoms with Crippen LogP contribution in [0.3, 0.4) is 0 Å². The largest absolute Gasteiger partial charge is 0.486 e. The summed E-state index contributed by atoms with van der Waals surface area (Å²) in [6.07, 6.45) is 0. The van der Waals surface area contributed by atoms with Crippen molar-refractivity contribution >= 4 is 33.7 Å². The molecule has 0 saturated heterocycles. The molecule has 0 fully saturated rings. The van der Waals surface area contributed by atoms with Crippen molar-refractivity contribution in [2.75, 3.05) is 6.54 Å². The van der Waals surface area contributed by atoms with Crippen molar-refractivity contribution in [3.05, 3.63) is 87.8 Å². The standard InChI is InChI=1S/C22H20BrN3O5/c23-16-5-7-17(8-6-16)30-13-18-9-10-19(31-18)22(29)25-11-14-1-3-15(4-2-14)21(28)26-12-20(24)27/h1-10H,11-13H2,(H2,24,27)(H,25,29)(H,26,28). The van der Waals surface area contributed by atoms with Crippen LogP contribution >= 0.6 is 15.9 Å². The van der Waals surface area contributed by atoms with E-state index in [-0.39, 0.29) is 31.4 Å². The normalized spacial score (nSPS) is 10.4. The van der Waals surface area contributed by atoms with E-state index in [2.05, 4.69) is 26.6 Å². The summed E-state index contributed by atoms with van der Waals surface area (Å²) in [4.78, 5) is 34.9. The van der Waals surface area contributed by atoms with Crippen molar-refractivity contribution < 1.29 is 23.5 Å². The van der Waals surface area contributed by atoms with Gasteiger partial charge in [-0.15, -0.1) is 0 Å². The second kappa shape index (κ2) is 10.4. The number of carbonyl (C=O) groups is 3. The lowest BCUT2D eigenvalue weighted by atomic mass is 10.1. The Balaban J connectivity index is 1.47. The molecule has 0 unspecified atom stereocenters. The van der Waals surface area contributed by atoms with Gasteiger partial charge in [-0.1, -0.05) is 28.1 Å². The van der Waals surface area contributed by atoms with Crippen molar-refractivity contribution in [3.8, 4) is 5.75 Å². The van der Waals surface area contributed by atoms with Crippen LogP contribution in [0.5, 0.6) is 5.75 Å². The highest BCUT2D eigenvalue weighted by atomic mass is 79.9. The van der Waals surface area contributed by atoms with Crippen molar-refractivity contribution in [1.29, 1.82) is 0 Å². The van der Waals surface area contributed by atoms with Crippen molar-refractivity contribution in [2.24, 2.45) is 5.73 Å². The SMILES string of the molecule is NC(=O)CNC(=O)c1ccc(CNC(=O)c2ccc(COc3ccc(Br)cc3)o2)cc1. The van der Waals surface area contributed by atoms with Crippen LogP contribution in [0.2, 0.25) is 0 Å². The van der Waals surface area contributed by atoms with Gasteiger partial charge in [0.1, 0.15) is 18.1 Å². The molecule has 8 nitrogen and oxygen atoms in total. The van der Waals surface area contributed by atoms with Gasteiger partial charge in [-0.25, -0.2) is 0 Å². The fraction of sp³-hybridized carbons (Fsp3) is 0.136. The van der Waals surface area contributed by atoms with Crippen LogP contribution in [0.1, 0.15) is 32.2 Å². The smallest absolute Gasteiger partial charge is 0.287 e. The highest BCUT2D eigenvalue weighted by Gasteiger charge is 2.12. The minimum Gasteiger partial charge on any atom is -0.486 e. The average molecular weight is 486 g/mol. The Labute approximate surface area is 186 Å². The van der Waals surface area contributed by atoms with Gasteiger partial charge in [0.2, 0.25) is 5.91 Å². The number of benzene rings is 2. The van der Waals surface area contributed by atoms with E-state index in [1.165, 1.54) is 0 Å². The molecule has 0 spiro atoms. The molecule has 0 atom stereocenters. The lowest BCUT2D eigenvalue weighted by Crippen LogP contribution is -2.33. The maximum Gasteiger partial charge on any atom is 0.287 e. The van der Waals surface area contributed by atoms with E-state index in [1.807, 2.05) is 24.3 Å². The second-order valence-electron chi connectivity index (χ2n) is 6.54. The van der Waals surface area contributed by atoms with E-state index >= 15 is 0 Å². The molecule has 3 amide bonds. The van der Waals surface area contributed by atoms with Crippen LogP contribution in [0.15, 0.2) is 69.6 Å². The summed E-state index contributed by atoms with van der Waals surface area (Å²) < 4.78 is 12.1. The quantitative estimate of drug-likeness (QED) is 0.429. The number of nitrogens with two attached hydrogens (primary N) is 1. The molecule has 0 radical (unpaired) electrons. The Morgan fingerprint density at radius 1 is 0.903 bits per heavy atom. The summed E-state index contributed by atoms with van der Waals surface area (Å²) in [6.45, 7) is 0.234. The second-order valence-corrected chi connectivity index (χ2v) is 7.45. The van der Waals surface area contributed by atoms with E-state index in [4.69, 9.17) is 14.9 Å².